The molecular weight excluding hydrogens is 210 g/mol. The van der Waals surface area contributed by atoms with E-state index in [9.17, 15) is 4.79 Å². The van der Waals surface area contributed by atoms with E-state index in [1.54, 1.807) is 0 Å². The number of hydrogen-bond donors (Lipinski definition) is 0. The molecule has 86 valence electrons. The quantitative estimate of drug-likeness (QED) is 0.538. The van der Waals surface area contributed by atoms with E-state index in [1.165, 1.54) is 0 Å². The predicted molar refractivity (Wildman–Crippen MR) is 64.0 cm³/mol. The molecule has 1 amide bonds. The molecule has 1 heterocycles. The molecule has 1 unspecified atom stereocenters. The lowest BCUT2D eigenvalue weighted by Crippen LogP contribution is -2.27. The van der Waals surface area contributed by atoms with Gasteiger partial charge in [-0.15, -0.1) is 11.6 Å². The summed E-state index contributed by atoms with van der Waals surface area (Å²) in [5, 5.41) is 0. The number of allylic oxidation sites excluding steroid dienone is 1. The fourth-order valence-electron chi connectivity index (χ4n) is 1.79. The Bertz CT molecular complexity index is 255. The SMILES string of the molecule is CC(C)(C)C1CC(=O)N(C/C=C/CCl)C1. The molecule has 0 radical (unpaired) electrons. The summed E-state index contributed by atoms with van der Waals surface area (Å²) in [5.41, 5.74) is 0.223. The van der Waals surface area contributed by atoms with Crippen LogP contribution in [0.2, 0.25) is 0 Å². The molecule has 2 nitrogen and oxygen atoms in total. The first-order valence-electron chi connectivity index (χ1n) is 5.44. The van der Waals surface area contributed by atoms with E-state index in [0.29, 0.717) is 24.8 Å². The molecule has 1 fully saturated rings. The first-order chi connectivity index (χ1) is 6.95. The zero-order valence-corrected chi connectivity index (χ0v) is 10.5. The second-order valence-corrected chi connectivity index (χ2v) is 5.50. The summed E-state index contributed by atoms with van der Waals surface area (Å²) in [5.74, 6) is 1.27. The third-order valence-corrected chi connectivity index (χ3v) is 3.20. The number of carbonyl (C=O) groups is 1. The zero-order valence-electron chi connectivity index (χ0n) is 9.79. The van der Waals surface area contributed by atoms with Crippen LogP contribution in [0.3, 0.4) is 0 Å². The van der Waals surface area contributed by atoms with E-state index in [-0.39, 0.29) is 11.3 Å². The van der Waals surface area contributed by atoms with Gasteiger partial charge in [-0.1, -0.05) is 32.9 Å². The van der Waals surface area contributed by atoms with Crippen LogP contribution in [0, 0.1) is 11.3 Å². The van der Waals surface area contributed by atoms with E-state index in [2.05, 4.69) is 20.8 Å². The van der Waals surface area contributed by atoms with Gasteiger partial charge in [-0.3, -0.25) is 4.79 Å². The molecule has 0 aromatic rings. The van der Waals surface area contributed by atoms with Crippen molar-refractivity contribution in [3.8, 4) is 0 Å². The molecule has 0 bridgehead atoms. The Morgan fingerprint density at radius 2 is 2.13 bits per heavy atom. The van der Waals surface area contributed by atoms with Gasteiger partial charge in [0, 0.05) is 25.4 Å². The van der Waals surface area contributed by atoms with E-state index >= 15 is 0 Å². The van der Waals surface area contributed by atoms with Crippen molar-refractivity contribution in [2.24, 2.45) is 11.3 Å². The van der Waals surface area contributed by atoms with Crippen LogP contribution < -0.4 is 0 Å². The zero-order chi connectivity index (χ0) is 11.5. The first kappa shape index (κ1) is 12.6. The van der Waals surface area contributed by atoms with Crippen molar-refractivity contribution < 1.29 is 4.79 Å². The molecule has 0 aromatic heterocycles. The van der Waals surface area contributed by atoms with Crippen LogP contribution in [-0.4, -0.2) is 29.8 Å². The van der Waals surface area contributed by atoms with Crippen molar-refractivity contribution >= 4 is 17.5 Å². The number of halogens is 1. The maximum atomic E-state index is 11.7. The number of nitrogens with zero attached hydrogens (tertiary/aromatic N) is 1. The van der Waals surface area contributed by atoms with Gasteiger partial charge in [0.15, 0.2) is 0 Å². The van der Waals surface area contributed by atoms with Gasteiger partial charge in [0.2, 0.25) is 5.91 Å². The van der Waals surface area contributed by atoms with E-state index < -0.39 is 0 Å². The van der Waals surface area contributed by atoms with Crippen LogP contribution in [0.4, 0.5) is 0 Å². The van der Waals surface area contributed by atoms with Gasteiger partial charge in [0.25, 0.3) is 0 Å². The summed E-state index contributed by atoms with van der Waals surface area (Å²) >= 11 is 5.53. The number of likely N-dealkylation sites (tertiary alicyclic amines) is 1. The smallest absolute Gasteiger partial charge is 0.223 e. The van der Waals surface area contributed by atoms with Crippen molar-refractivity contribution in [1.82, 2.24) is 4.90 Å². The maximum Gasteiger partial charge on any atom is 0.223 e. The normalized spacial score (nSPS) is 23.1. The van der Waals surface area contributed by atoms with Crippen molar-refractivity contribution in [2.75, 3.05) is 19.0 Å². The molecule has 3 heteroatoms. The predicted octanol–water partition coefficient (Wildman–Crippen LogP) is 2.68. The first-order valence-corrected chi connectivity index (χ1v) is 5.97. The summed E-state index contributed by atoms with van der Waals surface area (Å²) in [6, 6.07) is 0. The average molecular weight is 230 g/mol. The molecule has 1 rings (SSSR count). The van der Waals surface area contributed by atoms with Gasteiger partial charge < -0.3 is 4.90 Å². The summed E-state index contributed by atoms with van der Waals surface area (Å²) in [4.78, 5) is 13.6. The van der Waals surface area contributed by atoms with Crippen molar-refractivity contribution in [2.45, 2.75) is 27.2 Å². The monoisotopic (exact) mass is 229 g/mol. The Labute approximate surface area is 97.3 Å². The van der Waals surface area contributed by atoms with Gasteiger partial charge in [0.05, 0.1) is 0 Å². The average Bonchev–Trinajstić information content (AvgIpc) is 2.48. The van der Waals surface area contributed by atoms with Gasteiger partial charge in [-0.2, -0.15) is 0 Å². The topological polar surface area (TPSA) is 20.3 Å². The summed E-state index contributed by atoms with van der Waals surface area (Å²) in [6.07, 6.45) is 4.55. The van der Waals surface area contributed by atoms with Crippen LogP contribution in [0.5, 0.6) is 0 Å². The molecule has 15 heavy (non-hydrogen) atoms. The van der Waals surface area contributed by atoms with Crippen LogP contribution in [0.1, 0.15) is 27.2 Å². The Morgan fingerprint density at radius 3 is 2.60 bits per heavy atom. The lowest BCUT2D eigenvalue weighted by atomic mass is 9.80. The Morgan fingerprint density at radius 1 is 1.47 bits per heavy atom. The molecular formula is C12H20ClNO. The van der Waals surface area contributed by atoms with Gasteiger partial charge >= 0.3 is 0 Å². The summed E-state index contributed by atoms with van der Waals surface area (Å²) in [7, 11) is 0. The highest BCUT2D eigenvalue weighted by Gasteiger charge is 2.35. The molecule has 0 aliphatic carbocycles. The standard InChI is InChI=1S/C12H20ClNO/c1-12(2,3)10-8-11(15)14(9-10)7-5-4-6-13/h4-5,10H,6-9H2,1-3H3/b5-4+. The highest BCUT2D eigenvalue weighted by atomic mass is 35.5. The molecule has 1 aliphatic heterocycles. The Hall–Kier alpha value is -0.500. The second kappa shape index (κ2) is 5.02. The fourth-order valence-corrected chi connectivity index (χ4v) is 1.92. The van der Waals surface area contributed by atoms with E-state index in [4.69, 9.17) is 11.6 Å². The van der Waals surface area contributed by atoms with Crippen LogP contribution in [0.15, 0.2) is 12.2 Å². The minimum atomic E-state index is 0.223. The van der Waals surface area contributed by atoms with Crippen LogP contribution >= 0.6 is 11.6 Å². The summed E-state index contributed by atoms with van der Waals surface area (Å²) in [6.45, 7) is 8.18. The van der Waals surface area contributed by atoms with E-state index in [0.717, 1.165) is 6.54 Å². The van der Waals surface area contributed by atoms with Gasteiger partial charge in [0.1, 0.15) is 0 Å². The number of alkyl halides is 1. The van der Waals surface area contributed by atoms with Gasteiger partial charge in [-0.25, -0.2) is 0 Å². The molecule has 1 atom stereocenters. The Balaban J connectivity index is 2.50. The van der Waals surface area contributed by atoms with Crippen LogP contribution in [-0.2, 0) is 4.79 Å². The summed E-state index contributed by atoms with van der Waals surface area (Å²) < 4.78 is 0. The minimum Gasteiger partial charge on any atom is -0.339 e. The Kier molecular flexibility index (Phi) is 4.21. The van der Waals surface area contributed by atoms with Gasteiger partial charge in [-0.05, 0) is 11.3 Å². The lowest BCUT2D eigenvalue weighted by molar-refractivity contribution is -0.127. The third kappa shape index (κ3) is 3.53. The third-order valence-electron chi connectivity index (χ3n) is 3.02. The molecule has 0 N–H and O–H groups in total. The largest absolute Gasteiger partial charge is 0.339 e. The number of rotatable bonds is 3. The molecule has 1 saturated heterocycles. The fraction of sp³-hybridized carbons (Fsp3) is 0.750. The number of carbonyl (C=O) groups excluding carboxylic acids is 1. The van der Waals surface area contributed by atoms with E-state index in [1.807, 2.05) is 17.1 Å². The molecule has 0 spiro atoms. The maximum absolute atomic E-state index is 11.7. The molecule has 0 aromatic carbocycles. The van der Waals surface area contributed by atoms with Crippen molar-refractivity contribution in [3.05, 3.63) is 12.2 Å². The van der Waals surface area contributed by atoms with Crippen molar-refractivity contribution in [3.63, 3.8) is 0 Å². The highest BCUT2D eigenvalue weighted by Crippen LogP contribution is 2.33. The second-order valence-electron chi connectivity index (χ2n) is 5.19. The van der Waals surface area contributed by atoms with Crippen LogP contribution in [0.25, 0.3) is 0 Å². The van der Waals surface area contributed by atoms with Crippen molar-refractivity contribution in [1.29, 1.82) is 0 Å². The minimum absolute atomic E-state index is 0.223. The number of amides is 1. The highest BCUT2D eigenvalue weighted by molar-refractivity contribution is 6.18. The molecule has 1 aliphatic rings. The number of hydrogen-bond acceptors (Lipinski definition) is 1. The lowest BCUT2D eigenvalue weighted by Gasteiger charge is -2.26. The molecule has 0 saturated carbocycles.